The zero-order valence-electron chi connectivity index (χ0n) is 11.2. The fraction of sp³-hybridized carbons (Fsp3) is 0.923. The molecule has 0 radical (unpaired) electrons. The third-order valence-corrected chi connectivity index (χ3v) is 3.83. The van der Waals surface area contributed by atoms with Gasteiger partial charge in [0.2, 0.25) is 5.91 Å². The normalized spacial score (nSPS) is 22.6. The van der Waals surface area contributed by atoms with E-state index < -0.39 is 0 Å². The van der Waals surface area contributed by atoms with E-state index in [0.717, 1.165) is 19.0 Å². The van der Waals surface area contributed by atoms with Gasteiger partial charge in [0.15, 0.2) is 0 Å². The van der Waals surface area contributed by atoms with E-state index in [0.29, 0.717) is 5.41 Å². The number of carbonyl (C=O) groups excluding carboxylic acids is 1. The highest BCUT2D eigenvalue weighted by atomic mass is 32.1. The Morgan fingerprint density at radius 1 is 1.19 bits per heavy atom. The Hall–Kier alpha value is -0.180. The fourth-order valence-electron chi connectivity index (χ4n) is 3.12. The van der Waals surface area contributed by atoms with E-state index in [1.165, 1.54) is 25.7 Å². The highest BCUT2D eigenvalue weighted by Gasteiger charge is 2.43. The van der Waals surface area contributed by atoms with Crippen LogP contribution in [0.4, 0.5) is 0 Å². The highest BCUT2D eigenvalue weighted by molar-refractivity contribution is 7.59. The average Bonchev–Trinajstić information content (AvgIpc) is 2.19. The number of piperidine rings is 1. The molecule has 2 aliphatic rings. The Morgan fingerprint density at radius 3 is 1.94 bits per heavy atom. The summed E-state index contributed by atoms with van der Waals surface area (Å²) in [6.07, 6.45) is 5.30. The summed E-state index contributed by atoms with van der Waals surface area (Å²) in [4.78, 5) is 13.1. The molecule has 1 saturated heterocycles. The van der Waals surface area contributed by atoms with Gasteiger partial charge in [-0.2, -0.15) is 13.5 Å². The van der Waals surface area contributed by atoms with Crippen molar-refractivity contribution in [2.45, 2.75) is 53.4 Å². The molecule has 2 fully saturated rings. The molecule has 0 aromatic rings. The van der Waals surface area contributed by atoms with E-state index in [1.54, 1.807) is 6.92 Å². The Kier molecular flexibility index (Phi) is 6.46. The number of hydrogen-bond acceptors (Lipinski definition) is 1. The van der Waals surface area contributed by atoms with Crippen LogP contribution in [0.1, 0.15) is 53.4 Å². The molecule has 1 saturated carbocycles. The van der Waals surface area contributed by atoms with Gasteiger partial charge in [0.05, 0.1) is 0 Å². The molecule has 96 valence electrons. The van der Waals surface area contributed by atoms with Crippen LogP contribution in [0.3, 0.4) is 0 Å². The number of rotatable bonds is 0. The summed E-state index contributed by atoms with van der Waals surface area (Å²) in [5.41, 5.74) is 0.644. The average molecular weight is 245 g/mol. The van der Waals surface area contributed by atoms with Crippen LogP contribution in [0.15, 0.2) is 0 Å². The lowest BCUT2D eigenvalue weighted by Gasteiger charge is -2.51. The highest BCUT2D eigenvalue weighted by Crippen LogP contribution is 2.52. The van der Waals surface area contributed by atoms with Gasteiger partial charge < -0.3 is 4.90 Å². The van der Waals surface area contributed by atoms with Crippen LogP contribution >= 0.6 is 13.5 Å². The van der Waals surface area contributed by atoms with Crippen molar-refractivity contribution in [1.82, 2.24) is 4.90 Å². The van der Waals surface area contributed by atoms with Crippen LogP contribution < -0.4 is 0 Å². The summed E-state index contributed by atoms with van der Waals surface area (Å²) in [5.74, 6) is 1.19. The second-order valence-electron chi connectivity index (χ2n) is 5.02. The first-order valence-electron chi connectivity index (χ1n) is 6.37. The van der Waals surface area contributed by atoms with E-state index in [1.807, 2.05) is 18.7 Å². The zero-order valence-corrected chi connectivity index (χ0v) is 12.2. The summed E-state index contributed by atoms with van der Waals surface area (Å²) in [6.45, 7) is 10.0. The van der Waals surface area contributed by atoms with E-state index in [2.05, 4.69) is 6.92 Å². The van der Waals surface area contributed by atoms with Crippen molar-refractivity contribution in [3.05, 3.63) is 0 Å². The van der Waals surface area contributed by atoms with Crippen molar-refractivity contribution < 1.29 is 4.79 Å². The molecule has 16 heavy (non-hydrogen) atoms. The number of nitrogens with zero attached hydrogens (tertiary/aromatic N) is 1. The number of amides is 1. The lowest BCUT2D eigenvalue weighted by Crippen LogP contribution is -2.47. The van der Waals surface area contributed by atoms with Crippen molar-refractivity contribution in [3.63, 3.8) is 0 Å². The summed E-state index contributed by atoms with van der Waals surface area (Å²) >= 11 is 0. The topological polar surface area (TPSA) is 20.3 Å². The summed E-state index contributed by atoms with van der Waals surface area (Å²) in [7, 11) is 0. The SMILES string of the molecule is CC.CC(=O)N1CCC2(CC1)CC(C)C2.S. The van der Waals surface area contributed by atoms with Crippen molar-refractivity contribution in [2.75, 3.05) is 13.1 Å². The quantitative estimate of drug-likeness (QED) is 0.642. The van der Waals surface area contributed by atoms with Gasteiger partial charge in [-0.15, -0.1) is 0 Å². The fourth-order valence-corrected chi connectivity index (χ4v) is 3.12. The number of likely N-dealkylation sites (tertiary alicyclic amines) is 1. The zero-order chi connectivity index (χ0) is 11.5. The lowest BCUT2D eigenvalue weighted by atomic mass is 9.58. The summed E-state index contributed by atoms with van der Waals surface area (Å²) in [6, 6.07) is 0. The molecule has 1 aliphatic heterocycles. The lowest BCUT2D eigenvalue weighted by molar-refractivity contribution is -0.132. The molecular formula is C13H27NOS. The minimum atomic E-state index is 0. The molecule has 2 rings (SSSR count). The molecule has 0 aromatic carbocycles. The van der Waals surface area contributed by atoms with Crippen molar-refractivity contribution in [1.29, 1.82) is 0 Å². The molecule has 1 aliphatic carbocycles. The van der Waals surface area contributed by atoms with E-state index in [9.17, 15) is 4.79 Å². The van der Waals surface area contributed by atoms with Gasteiger partial charge >= 0.3 is 0 Å². The molecule has 1 amide bonds. The molecular weight excluding hydrogens is 218 g/mol. The van der Waals surface area contributed by atoms with E-state index >= 15 is 0 Å². The van der Waals surface area contributed by atoms with Crippen LogP contribution in [0.25, 0.3) is 0 Å². The van der Waals surface area contributed by atoms with Gasteiger partial charge in [0.1, 0.15) is 0 Å². The van der Waals surface area contributed by atoms with Gasteiger partial charge in [0, 0.05) is 20.0 Å². The van der Waals surface area contributed by atoms with Crippen LogP contribution in [-0.4, -0.2) is 23.9 Å². The van der Waals surface area contributed by atoms with E-state index in [-0.39, 0.29) is 19.4 Å². The minimum Gasteiger partial charge on any atom is -0.343 e. The molecule has 0 unspecified atom stereocenters. The molecule has 0 atom stereocenters. The Balaban J connectivity index is 0.000000711. The first-order chi connectivity index (χ1) is 7.11. The van der Waals surface area contributed by atoms with Gasteiger partial charge in [-0.25, -0.2) is 0 Å². The van der Waals surface area contributed by atoms with Crippen LogP contribution in [-0.2, 0) is 4.79 Å². The van der Waals surface area contributed by atoms with Crippen molar-refractivity contribution in [2.24, 2.45) is 11.3 Å². The van der Waals surface area contributed by atoms with Gasteiger partial charge in [-0.1, -0.05) is 20.8 Å². The standard InChI is InChI=1S/C11H19NO.C2H6.H2S/c1-9-7-11(8-9)3-5-12(6-4-11)10(2)13;1-2;/h9H,3-8H2,1-2H3;1-2H3;1H2. The van der Waals surface area contributed by atoms with Gasteiger partial charge in [-0.3, -0.25) is 4.79 Å². The molecule has 2 nitrogen and oxygen atoms in total. The maximum atomic E-state index is 11.1. The number of carbonyl (C=O) groups is 1. The minimum absolute atomic E-state index is 0. The molecule has 1 heterocycles. The largest absolute Gasteiger partial charge is 0.343 e. The third kappa shape index (κ3) is 3.41. The first-order valence-corrected chi connectivity index (χ1v) is 6.37. The molecule has 1 spiro atoms. The smallest absolute Gasteiger partial charge is 0.219 e. The Labute approximate surface area is 107 Å². The van der Waals surface area contributed by atoms with Crippen LogP contribution in [0.5, 0.6) is 0 Å². The van der Waals surface area contributed by atoms with E-state index in [4.69, 9.17) is 0 Å². The maximum absolute atomic E-state index is 11.1. The van der Waals surface area contributed by atoms with Crippen LogP contribution in [0, 0.1) is 11.3 Å². The first kappa shape index (κ1) is 15.8. The summed E-state index contributed by atoms with van der Waals surface area (Å²) < 4.78 is 0. The molecule has 0 bridgehead atoms. The summed E-state index contributed by atoms with van der Waals surface area (Å²) in [5, 5.41) is 0. The van der Waals surface area contributed by atoms with Crippen LogP contribution in [0.2, 0.25) is 0 Å². The van der Waals surface area contributed by atoms with Crippen molar-refractivity contribution in [3.8, 4) is 0 Å². The number of hydrogen-bond donors (Lipinski definition) is 0. The third-order valence-electron chi connectivity index (χ3n) is 3.83. The molecule has 0 N–H and O–H groups in total. The molecule has 3 heteroatoms. The van der Waals surface area contributed by atoms with Gasteiger partial charge in [-0.05, 0) is 37.0 Å². The monoisotopic (exact) mass is 245 g/mol. The predicted octanol–water partition coefficient (Wildman–Crippen LogP) is 3.18. The second kappa shape index (κ2) is 6.53. The van der Waals surface area contributed by atoms with Gasteiger partial charge in [0.25, 0.3) is 0 Å². The molecule has 0 aromatic heterocycles. The Morgan fingerprint density at radius 2 is 1.62 bits per heavy atom. The predicted molar refractivity (Wildman–Crippen MR) is 74.0 cm³/mol. The Bertz CT molecular complexity index is 214. The maximum Gasteiger partial charge on any atom is 0.219 e. The second-order valence-corrected chi connectivity index (χ2v) is 5.02. The van der Waals surface area contributed by atoms with Crippen molar-refractivity contribution >= 4 is 19.4 Å².